The normalized spacial score (nSPS) is 11.5. The Labute approximate surface area is 231 Å². The lowest BCUT2D eigenvalue weighted by molar-refractivity contribution is 0.476. The zero-order chi connectivity index (χ0) is 27.6. The second-order valence-corrected chi connectivity index (χ2v) is 9.90. The SMILES string of the molecule is CCCCCCN(c1ccc(C=Nc2cc(C)ccc2O)cc1)c1ccc(C=Nc2cc(C)ccc2O)cc1. The van der Waals surface area contributed by atoms with Crippen molar-refractivity contribution in [3.63, 3.8) is 0 Å². The molecule has 0 radical (unpaired) electrons. The molecule has 0 heterocycles. The molecular formula is C34H37N3O2. The van der Waals surface area contributed by atoms with Crippen molar-refractivity contribution in [3.05, 3.63) is 107 Å². The van der Waals surface area contributed by atoms with Crippen LogP contribution in [0.1, 0.15) is 54.9 Å². The predicted molar refractivity (Wildman–Crippen MR) is 164 cm³/mol. The number of hydrogen-bond acceptors (Lipinski definition) is 5. The summed E-state index contributed by atoms with van der Waals surface area (Å²) in [6.07, 6.45) is 8.31. The van der Waals surface area contributed by atoms with Gasteiger partial charge in [-0.1, -0.05) is 62.6 Å². The van der Waals surface area contributed by atoms with Gasteiger partial charge >= 0.3 is 0 Å². The average Bonchev–Trinajstić information content (AvgIpc) is 2.95. The second kappa shape index (κ2) is 13.4. The highest BCUT2D eigenvalue weighted by molar-refractivity contribution is 5.85. The molecular weight excluding hydrogens is 482 g/mol. The molecule has 0 fully saturated rings. The molecule has 0 saturated carbocycles. The van der Waals surface area contributed by atoms with E-state index in [4.69, 9.17) is 0 Å². The molecule has 0 spiro atoms. The van der Waals surface area contributed by atoms with Gasteiger partial charge in [0.25, 0.3) is 0 Å². The van der Waals surface area contributed by atoms with Crippen LogP contribution in [0.5, 0.6) is 11.5 Å². The van der Waals surface area contributed by atoms with Gasteiger partial charge in [-0.2, -0.15) is 0 Å². The number of nitrogens with zero attached hydrogens (tertiary/aromatic N) is 3. The van der Waals surface area contributed by atoms with Crippen LogP contribution in [-0.4, -0.2) is 29.2 Å². The van der Waals surface area contributed by atoms with Gasteiger partial charge in [0.2, 0.25) is 0 Å². The fraction of sp³-hybridized carbons (Fsp3) is 0.235. The molecule has 0 aliphatic heterocycles. The summed E-state index contributed by atoms with van der Waals surface area (Å²) >= 11 is 0. The smallest absolute Gasteiger partial charge is 0.141 e. The van der Waals surface area contributed by atoms with Gasteiger partial charge in [0.15, 0.2) is 0 Å². The Bertz CT molecular complexity index is 1320. The quantitative estimate of drug-likeness (QED) is 0.153. The minimum atomic E-state index is 0.177. The third-order valence-electron chi connectivity index (χ3n) is 6.61. The lowest BCUT2D eigenvalue weighted by atomic mass is 10.1. The van der Waals surface area contributed by atoms with E-state index in [1.807, 2.05) is 38.1 Å². The van der Waals surface area contributed by atoms with E-state index < -0.39 is 0 Å². The van der Waals surface area contributed by atoms with Gasteiger partial charge in [0.1, 0.15) is 22.9 Å². The number of aromatic hydroxyl groups is 2. The summed E-state index contributed by atoms with van der Waals surface area (Å²) in [4.78, 5) is 11.3. The molecule has 4 aromatic carbocycles. The van der Waals surface area contributed by atoms with Crippen LogP contribution < -0.4 is 4.90 Å². The maximum atomic E-state index is 10.1. The predicted octanol–water partition coefficient (Wildman–Crippen LogP) is 8.93. The van der Waals surface area contributed by atoms with Crippen LogP contribution in [0.2, 0.25) is 0 Å². The van der Waals surface area contributed by atoms with E-state index >= 15 is 0 Å². The maximum absolute atomic E-state index is 10.1. The molecule has 0 saturated heterocycles. The molecule has 0 unspecified atom stereocenters. The van der Waals surface area contributed by atoms with Crippen molar-refractivity contribution < 1.29 is 10.2 Å². The molecule has 0 atom stereocenters. The largest absolute Gasteiger partial charge is 0.506 e. The summed E-state index contributed by atoms with van der Waals surface area (Å²) in [5, 5.41) is 20.1. The summed E-state index contributed by atoms with van der Waals surface area (Å²) in [5.41, 5.74) is 7.42. The molecule has 4 rings (SSSR count). The number of unbranched alkanes of at least 4 members (excludes halogenated alkanes) is 3. The van der Waals surface area contributed by atoms with E-state index in [0.29, 0.717) is 11.4 Å². The Morgan fingerprint density at radius 2 is 1.08 bits per heavy atom. The lowest BCUT2D eigenvalue weighted by Gasteiger charge is -2.25. The topological polar surface area (TPSA) is 68.4 Å². The van der Waals surface area contributed by atoms with Crippen molar-refractivity contribution in [1.82, 2.24) is 0 Å². The van der Waals surface area contributed by atoms with Crippen molar-refractivity contribution >= 4 is 35.2 Å². The zero-order valence-corrected chi connectivity index (χ0v) is 23.0. The zero-order valence-electron chi connectivity index (χ0n) is 23.0. The molecule has 0 bridgehead atoms. The molecule has 39 heavy (non-hydrogen) atoms. The van der Waals surface area contributed by atoms with Crippen LogP contribution in [0.25, 0.3) is 0 Å². The van der Waals surface area contributed by atoms with Crippen molar-refractivity contribution in [3.8, 4) is 11.5 Å². The molecule has 2 N–H and O–H groups in total. The minimum absolute atomic E-state index is 0.177. The average molecular weight is 520 g/mol. The molecule has 5 heteroatoms. The number of phenolic OH excluding ortho intramolecular Hbond substituents is 2. The fourth-order valence-corrected chi connectivity index (χ4v) is 4.35. The number of rotatable bonds is 11. The lowest BCUT2D eigenvalue weighted by Crippen LogP contribution is -2.18. The van der Waals surface area contributed by atoms with Gasteiger partial charge < -0.3 is 15.1 Å². The summed E-state index contributed by atoms with van der Waals surface area (Å²) in [5.74, 6) is 0.354. The van der Waals surface area contributed by atoms with Gasteiger partial charge in [-0.3, -0.25) is 9.98 Å². The maximum Gasteiger partial charge on any atom is 0.141 e. The Morgan fingerprint density at radius 1 is 0.615 bits per heavy atom. The van der Waals surface area contributed by atoms with E-state index in [9.17, 15) is 10.2 Å². The Morgan fingerprint density at radius 3 is 1.51 bits per heavy atom. The monoisotopic (exact) mass is 519 g/mol. The van der Waals surface area contributed by atoms with E-state index in [1.54, 1.807) is 24.6 Å². The van der Waals surface area contributed by atoms with Crippen LogP contribution in [0.15, 0.2) is 94.9 Å². The molecule has 0 aromatic heterocycles. The molecule has 0 aliphatic rings. The van der Waals surface area contributed by atoms with Crippen molar-refractivity contribution in [2.24, 2.45) is 9.98 Å². The third kappa shape index (κ3) is 7.81. The standard InChI is InChI=1S/C34H37N3O2/c1-4-5-6-7-20-37(29-14-10-27(11-15-29)23-35-31-21-25(2)8-18-33(31)38)30-16-12-28(13-17-30)24-36-32-22-26(3)9-19-34(32)39/h8-19,21-24,38-39H,4-7,20H2,1-3H3. The Balaban J connectivity index is 1.52. The van der Waals surface area contributed by atoms with Gasteiger partial charge in [-0.15, -0.1) is 0 Å². The van der Waals surface area contributed by atoms with E-state index in [0.717, 1.165) is 46.6 Å². The number of benzene rings is 4. The van der Waals surface area contributed by atoms with Crippen molar-refractivity contribution in [2.45, 2.75) is 46.5 Å². The van der Waals surface area contributed by atoms with Crippen LogP contribution in [-0.2, 0) is 0 Å². The van der Waals surface area contributed by atoms with Gasteiger partial charge in [-0.25, -0.2) is 0 Å². The Hall–Kier alpha value is -4.38. The number of hydrogen-bond donors (Lipinski definition) is 2. The van der Waals surface area contributed by atoms with Crippen LogP contribution in [0.4, 0.5) is 22.7 Å². The molecule has 4 aromatic rings. The van der Waals surface area contributed by atoms with Crippen LogP contribution in [0, 0.1) is 13.8 Å². The van der Waals surface area contributed by atoms with Crippen molar-refractivity contribution in [2.75, 3.05) is 11.4 Å². The number of phenols is 2. The first kappa shape index (κ1) is 27.6. The van der Waals surface area contributed by atoms with Gasteiger partial charge in [0, 0.05) is 30.3 Å². The van der Waals surface area contributed by atoms with Crippen LogP contribution in [0.3, 0.4) is 0 Å². The van der Waals surface area contributed by atoms with E-state index in [1.165, 1.54) is 19.3 Å². The Kier molecular flexibility index (Phi) is 9.52. The first-order valence-corrected chi connectivity index (χ1v) is 13.6. The van der Waals surface area contributed by atoms with E-state index in [-0.39, 0.29) is 11.5 Å². The summed E-state index contributed by atoms with van der Waals surface area (Å²) < 4.78 is 0. The molecule has 0 aliphatic carbocycles. The number of anilines is 2. The van der Waals surface area contributed by atoms with Gasteiger partial charge in [-0.05, 0) is 91.1 Å². The highest BCUT2D eigenvalue weighted by Crippen LogP contribution is 2.30. The van der Waals surface area contributed by atoms with Crippen molar-refractivity contribution in [1.29, 1.82) is 0 Å². The highest BCUT2D eigenvalue weighted by Gasteiger charge is 2.10. The summed E-state index contributed by atoms with van der Waals surface area (Å²) in [6.45, 7) is 7.12. The molecule has 0 amide bonds. The molecule has 200 valence electrons. The third-order valence-corrected chi connectivity index (χ3v) is 6.61. The number of aliphatic imine (C=N–C) groups is 2. The highest BCUT2D eigenvalue weighted by atomic mass is 16.3. The van der Waals surface area contributed by atoms with E-state index in [2.05, 4.69) is 70.3 Å². The first-order chi connectivity index (χ1) is 18.9. The summed E-state index contributed by atoms with van der Waals surface area (Å²) in [6, 6.07) is 27.5. The van der Waals surface area contributed by atoms with Gasteiger partial charge in [0.05, 0.1) is 0 Å². The second-order valence-electron chi connectivity index (χ2n) is 9.90. The molecule has 5 nitrogen and oxygen atoms in total. The van der Waals surface area contributed by atoms with Crippen LogP contribution >= 0.6 is 0 Å². The summed E-state index contributed by atoms with van der Waals surface area (Å²) in [7, 11) is 0. The minimum Gasteiger partial charge on any atom is -0.506 e. The first-order valence-electron chi connectivity index (χ1n) is 13.6. The number of aryl methyl sites for hydroxylation is 2. The fourth-order valence-electron chi connectivity index (χ4n) is 4.35.